The number of benzene rings is 1. The minimum Gasteiger partial charge on any atom is -0.351 e. The Morgan fingerprint density at radius 2 is 2.24 bits per heavy atom. The van der Waals surface area contributed by atoms with Gasteiger partial charge in [0.15, 0.2) is 0 Å². The average molecular weight is 258 g/mol. The van der Waals surface area contributed by atoms with Crippen molar-refractivity contribution in [3.8, 4) is 0 Å². The predicted octanol–water partition coefficient (Wildman–Crippen LogP) is 3.27. The van der Waals surface area contributed by atoms with Crippen LogP contribution in [-0.2, 0) is 0 Å². The van der Waals surface area contributed by atoms with E-state index in [4.69, 9.17) is 11.6 Å². The van der Waals surface area contributed by atoms with E-state index in [1.165, 1.54) is 18.2 Å². The Balaban J connectivity index is 2.58. The van der Waals surface area contributed by atoms with E-state index in [9.17, 15) is 9.18 Å². The number of alkyl halides is 1. The maximum absolute atomic E-state index is 12.9. The summed E-state index contributed by atoms with van der Waals surface area (Å²) in [5, 5.41) is 2.70. The van der Waals surface area contributed by atoms with Gasteiger partial charge in [-0.05, 0) is 37.1 Å². The summed E-state index contributed by atoms with van der Waals surface area (Å²) in [5.74, 6) is -0.537. The van der Waals surface area contributed by atoms with Gasteiger partial charge in [0.2, 0.25) is 0 Å². The molecule has 4 heteroatoms. The molecule has 0 bridgehead atoms. The first-order chi connectivity index (χ1) is 8.04. The summed E-state index contributed by atoms with van der Waals surface area (Å²) < 4.78 is 12.9. The Kier molecular flexibility index (Phi) is 5.42. The van der Waals surface area contributed by atoms with Crippen LogP contribution in [0.5, 0.6) is 0 Å². The lowest BCUT2D eigenvalue weighted by molar-refractivity contribution is 0.0952. The van der Waals surface area contributed by atoms with Crippen molar-refractivity contribution in [3.05, 3.63) is 35.1 Å². The molecule has 0 aliphatic carbocycles. The normalized spacial score (nSPS) is 12.2. The van der Waals surface area contributed by atoms with Crippen LogP contribution in [0.4, 0.5) is 4.39 Å². The number of amides is 1. The Hall–Kier alpha value is -1.09. The summed E-state index contributed by atoms with van der Waals surface area (Å²) >= 11 is 6.00. The number of carbonyl (C=O) groups is 1. The van der Waals surface area contributed by atoms with Gasteiger partial charge in [-0.2, -0.15) is 0 Å². The lowest BCUT2D eigenvalue weighted by atomic mass is 10.1. The van der Waals surface area contributed by atoms with E-state index in [1.54, 1.807) is 6.92 Å². The molecule has 0 aliphatic heterocycles. The van der Waals surface area contributed by atoms with E-state index in [0.29, 0.717) is 17.7 Å². The van der Waals surface area contributed by atoms with E-state index in [1.807, 2.05) is 6.92 Å². The molecule has 0 radical (unpaired) electrons. The minimum absolute atomic E-state index is 0.0512. The van der Waals surface area contributed by atoms with Crippen LogP contribution in [0.25, 0.3) is 0 Å². The van der Waals surface area contributed by atoms with E-state index in [-0.39, 0.29) is 17.1 Å². The second kappa shape index (κ2) is 6.60. The van der Waals surface area contributed by atoms with Crippen LogP contribution in [0.15, 0.2) is 18.2 Å². The number of nitrogens with one attached hydrogen (secondary N) is 1. The van der Waals surface area contributed by atoms with Crippen LogP contribution in [0.1, 0.15) is 35.7 Å². The van der Waals surface area contributed by atoms with Gasteiger partial charge in [-0.25, -0.2) is 4.39 Å². The molecule has 0 heterocycles. The number of halogens is 2. The van der Waals surface area contributed by atoms with Crippen molar-refractivity contribution in [2.24, 2.45) is 0 Å². The number of hydrogen-bond acceptors (Lipinski definition) is 1. The van der Waals surface area contributed by atoms with Crippen molar-refractivity contribution in [2.75, 3.05) is 6.54 Å². The standard InChI is InChI=1S/C13H17ClFNO/c1-3-4-10(14)8-16-13(17)12-6-5-11(15)7-9(12)2/h5-7,10H,3-4,8H2,1-2H3,(H,16,17). The Bertz CT molecular complexity index is 395. The molecule has 1 atom stereocenters. The van der Waals surface area contributed by atoms with Crippen molar-refractivity contribution < 1.29 is 9.18 Å². The number of carbonyl (C=O) groups excluding carboxylic acids is 1. The van der Waals surface area contributed by atoms with Gasteiger partial charge in [0.25, 0.3) is 5.91 Å². The lowest BCUT2D eigenvalue weighted by Gasteiger charge is -2.11. The molecule has 2 nitrogen and oxygen atoms in total. The molecule has 0 spiro atoms. The molecule has 94 valence electrons. The van der Waals surface area contributed by atoms with Gasteiger partial charge >= 0.3 is 0 Å². The van der Waals surface area contributed by atoms with E-state index in [2.05, 4.69) is 5.32 Å². The molecule has 0 aromatic heterocycles. The molecule has 1 aromatic carbocycles. The molecule has 1 unspecified atom stereocenters. The number of rotatable bonds is 5. The molecule has 0 fully saturated rings. The van der Waals surface area contributed by atoms with Gasteiger partial charge in [-0.3, -0.25) is 4.79 Å². The SMILES string of the molecule is CCCC(Cl)CNC(=O)c1ccc(F)cc1C. The zero-order valence-electron chi connectivity index (χ0n) is 10.1. The van der Waals surface area contributed by atoms with Crippen LogP contribution in [0.3, 0.4) is 0 Å². The van der Waals surface area contributed by atoms with Gasteiger partial charge in [0.1, 0.15) is 5.82 Å². The molecule has 17 heavy (non-hydrogen) atoms. The van der Waals surface area contributed by atoms with Gasteiger partial charge in [-0.15, -0.1) is 11.6 Å². The highest BCUT2D eigenvalue weighted by Gasteiger charge is 2.11. The predicted molar refractivity (Wildman–Crippen MR) is 68.0 cm³/mol. The second-order valence-electron chi connectivity index (χ2n) is 4.06. The molecule has 0 saturated heterocycles. The highest BCUT2D eigenvalue weighted by molar-refractivity contribution is 6.20. The van der Waals surface area contributed by atoms with E-state index in [0.717, 1.165) is 12.8 Å². The minimum atomic E-state index is -0.333. The molecular weight excluding hydrogens is 241 g/mol. The van der Waals surface area contributed by atoms with Crippen LogP contribution in [0, 0.1) is 12.7 Å². The summed E-state index contributed by atoms with van der Waals surface area (Å²) in [7, 11) is 0. The monoisotopic (exact) mass is 257 g/mol. The number of hydrogen-bond donors (Lipinski definition) is 1. The average Bonchev–Trinajstić information content (AvgIpc) is 2.26. The number of aryl methyl sites for hydroxylation is 1. The molecule has 1 rings (SSSR count). The highest BCUT2D eigenvalue weighted by atomic mass is 35.5. The first kappa shape index (κ1) is 14.0. The largest absolute Gasteiger partial charge is 0.351 e. The fourth-order valence-corrected chi connectivity index (χ4v) is 1.89. The first-order valence-electron chi connectivity index (χ1n) is 5.73. The first-order valence-corrected chi connectivity index (χ1v) is 6.16. The molecule has 0 saturated carbocycles. The Labute approximate surface area is 106 Å². The summed E-state index contributed by atoms with van der Waals surface area (Å²) in [5.41, 5.74) is 1.12. The van der Waals surface area contributed by atoms with E-state index < -0.39 is 0 Å². The van der Waals surface area contributed by atoms with Gasteiger partial charge < -0.3 is 5.32 Å². The quantitative estimate of drug-likeness (QED) is 0.806. The third kappa shape index (κ3) is 4.35. The van der Waals surface area contributed by atoms with Gasteiger partial charge in [0.05, 0.1) is 5.38 Å². The summed E-state index contributed by atoms with van der Waals surface area (Å²) in [6, 6.07) is 4.12. The fourth-order valence-electron chi connectivity index (χ4n) is 1.60. The maximum atomic E-state index is 12.9. The summed E-state index contributed by atoms with van der Waals surface area (Å²) in [6.45, 7) is 4.19. The molecule has 0 aliphatic rings. The topological polar surface area (TPSA) is 29.1 Å². The summed E-state index contributed by atoms with van der Waals surface area (Å²) in [4.78, 5) is 11.8. The Morgan fingerprint density at radius 3 is 2.82 bits per heavy atom. The van der Waals surface area contributed by atoms with Crippen molar-refractivity contribution in [1.29, 1.82) is 0 Å². The zero-order valence-corrected chi connectivity index (χ0v) is 10.9. The van der Waals surface area contributed by atoms with Gasteiger partial charge in [-0.1, -0.05) is 13.3 Å². The zero-order chi connectivity index (χ0) is 12.8. The van der Waals surface area contributed by atoms with Crippen LogP contribution < -0.4 is 5.32 Å². The van der Waals surface area contributed by atoms with E-state index >= 15 is 0 Å². The summed E-state index contributed by atoms with van der Waals surface area (Å²) in [6.07, 6.45) is 1.85. The van der Waals surface area contributed by atoms with Gasteiger partial charge in [0, 0.05) is 12.1 Å². The molecular formula is C13H17ClFNO. The second-order valence-corrected chi connectivity index (χ2v) is 4.67. The van der Waals surface area contributed by atoms with Crippen molar-refractivity contribution >= 4 is 17.5 Å². The highest BCUT2D eigenvalue weighted by Crippen LogP contribution is 2.10. The van der Waals surface area contributed by atoms with Crippen molar-refractivity contribution in [1.82, 2.24) is 5.32 Å². The smallest absolute Gasteiger partial charge is 0.251 e. The van der Waals surface area contributed by atoms with Crippen LogP contribution in [-0.4, -0.2) is 17.8 Å². The maximum Gasteiger partial charge on any atom is 0.251 e. The lowest BCUT2D eigenvalue weighted by Crippen LogP contribution is -2.30. The van der Waals surface area contributed by atoms with Crippen LogP contribution >= 0.6 is 11.6 Å². The third-order valence-electron chi connectivity index (χ3n) is 2.52. The van der Waals surface area contributed by atoms with Crippen molar-refractivity contribution in [3.63, 3.8) is 0 Å². The molecule has 1 N–H and O–H groups in total. The molecule has 1 amide bonds. The molecule has 1 aromatic rings. The Morgan fingerprint density at radius 1 is 1.53 bits per heavy atom. The van der Waals surface area contributed by atoms with Crippen molar-refractivity contribution in [2.45, 2.75) is 32.1 Å². The van der Waals surface area contributed by atoms with Crippen LogP contribution in [0.2, 0.25) is 0 Å². The third-order valence-corrected chi connectivity index (χ3v) is 2.89. The fraction of sp³-hybridized carbons (Fsp3) is 0.462.